The smallest absolute Gasteiger partial charge is 0.462 e. The molecule has 0 aromatic heterocycles. The van der Waals surface area contributed by atoms with Crippen molar-refractivity contribution in [2.24, 2.45) is 0 Å². The lowest BCUT2D eigenvalue weighted by Gasteiger charge is -2.24. The van der Waals surface area contributed by atoms with E-state index in [2.05, 4.69) is 74.6 Å². The van der Waals surface area contributed by atoms with Crippen LogP contribution in [0.4, 0.5) is 0 Å². The van der Waals surface area contributed by atoms with Crippen molar-refractivity contribution < 1.29 is 42.1 Å². The molecule has 324 valence electrons. The van der Waals surface area contributed by atoms with Crippen molar-refractivity contribution >= 4 is 19.8 Å². The Morgan fingerprint density at radius 1 is 0.554 bits per heavy atom. The highest BCUT2D eigenvalue weighted by molar-refractivity contribution is 7.47. The van der Waals surface area contributed by atoms with E-state index in [1.54, 1.807) is 0 Å². The molecule has 0 amide bonds. The van der Waals surface area contributed by atoms with E-state index in [9.17, 15) is 19.0 Å². The number of quaternary nitrogens is 1. The number of rotatable bonds is 39. The van der Waals surface area contributed by atoms with Gasteiger partial charge in [0.1, 0.15) is 19.8 Å². The van der Waals surface area contributed by atoms with Crippen LogP contribution in [0.5, 0.6) is 0 Å². The second kappa shape index (κ2) is 38.2. The Labute approximate surface area is 343 Å². The third-order valence-electron chi connectivity index (χ3n) is 9.02. The van der Waals surface area contributed by atoms with Gasteiger partial charge in [-0.05, 0) is 70.6 Å². The number of likely N-dealkylation sites (N-methyl/N-ethyl adjacent to an activating group) is 1. The highest BCUT2D eigenvalue weighted by Crippen LogP contribution is 2.43. The number of carbonyl (C=O) groups excluding carboxylic acids is 2. The molecule has 0 saturated heterocycles. The predicted molar refractivity (Wildman–Crippen MR) is 233 cm³/mol. The van der Waals surface area contributed by atoms with Crippen LogP contribution in [-0.4, -0.2) is 74.9 Å². The molecule has 0 aliphatic carbocycles. The normalized spacial score (nSPS) is 14.2. The van der Waals surface area contributed by atoms with E-state index in [0.29, 0.717) is 23.9 Å². The molecule has 0 fully saturated rings. The monoisotopic (exact) mass is 809 g/mol. The van der Waals surface area contributed by atoms with Gasteiger partial charge in [-0.2, -0.15) is 0 Å². The molecular formula is C46H83NO8P+. The quantitative estimate of drug-likeness (QED) is 0.0215. The first-order chi connectivity index (χ1) is 27.0. The van der Waals surface area contributed by atoms with Crippen LogP contribution >= 0.6 is 7.82 Å². The number of phosphoric acid groups is 1. The molecule has 56 heavy (non-hydrogen) atoms. The van der Waals surface area contributed by atoms with E-state index in [4.69, 9.17) is 18.5 Å². The first-order valence-corrected chi connectivity index (χ1v) is 23.5. The van der Waals surface area contributed by atoms with Crippen LogP contribution in [0.2, 0.25) is 0 Å². The minimum atomic E-state index is -4.39. The summed E-state index contributed by atoms with van der Waals surface area (Å²) in [7, 11) is 1.44. The molecule has 1 N–H and O–H groups in total. The Hall–Kier alpha value is -2.29. The van der Waals surface area contributed by atoms with Crippen molar-refractivity contribution in [3.63, 3.8) is 0 Å². The molecule has 0 aromatic rings. The van der Waals surface area contributed by atoms with Gasteiger partial charge in [-0.3, -0.25) is 18.6 Å². The zero-order chi connectivity index (χ0) is 41.4. The SMILES string of the molecule is CCCC/C=C/CCCCCCCCCCCC(=O)O[C@H](COC(=O)CCC/C=C/C/C=C/C/C=C/C/C=C/CCCCC)COP(=O)(O)OCC[N+](C)(C)C. The Morgan fingerprint density at radius 3 is 1.55 bits per heavy atom. The molecule has 0 aromatic carbocycles. The zero-order valence-corrected chi connectivity index (χ0v) is 37.2. The molecule has 0 heterocycles. The highest BCUT2D eigenvalue weighted by Gasteiger charge is 2.27. The lowest BCUT2D eigenvalue weighted by atomic mass is 10.1. The summed E-state index contributed by atoms with van der Waals surface area (Å²) in [6.07, 6.45) is 45.6. The molecule has 0 rings (SSSR count). The first-order valence-electron chi connectivity index (χ1n) is 22.0. The van der Waals surface area contributed by atoms with Crippen LogP contribution in [-0.2, 0) is 32.7 Å². The van der Waals surface area contributed by atoms with Gasteiger partial charge < -0.3 is 18.9 Å². The van der Waals surface area contributed by atoms with Crippen LogP contribution in [0.3, 0.4) is 0 Å². The number of nitrogens with zero attached hydrogens (tertiary/aromatic N) is 1. The van der Waals surface area contributed by atoms with Crippen LogP contribution < -0.4 is 0 Å². The van der Waals surface area contributed by atoms with Gasteiger partial charge in [-0.1, -0.05) is 145 Å². The van der Waals surface area contributed by atoms with Gasteiger partial charge in [0, 0.05) is 12.8 Å². The van der Waals surface area contributed by atoms with Crippen LogP contribution in [0.25, 0.3) is 0 Å². The van der Waals surface area contributed by atoms with Crippen molar-refractivity contribution in [2.75, 3.05) is 47.5 Å². The van der Waals surface area contributed by atoms with Crippen molar-refractivity contribution in [3.05, 3.63) is 60.8 Å². The number of esters is 2. The van der Waals surface area contributed by atoms with Crippen molar-refractivity contribution in [1.29, 1.82) is 0 Å². The highest BCUT2D eigenvalue weighted by atomic mass is 31.2. The average molecular weight is 809 g/mol. The summed E-state index contributed by atoms with van der Waals surface area (Å²) in [4.78, 5) is 35.3. The Balaban J connectivity index is 4.46. The second-order valence-electron chi connectivity index (χ2n) is 15.7. The van der Waals surface area contributed by atoms with Gasteiger partial charge in [0.2, 0.25) is 0 Å². The minimum Gasteiger partial charge on any atom is -0.462 e. The largest absolute Gasteiger partial charge is 0.472 e. The summed E-state index contributed by atoms with van der Waals surface area (Å²) >= 11 is 0. The number of ether oxygens (including phenoxy) is 2. The third-order valence-corrected chi connectivity index (χ3v) is 10.0. The standard InChI is InChI=1S/C46H82NO8P/c1-6-8-10-12-14-16-18-20-22-23-25-26-28-30-32-34-36-38-45(48)52-42-44(43-54-56(50,51)53-41-40-47(3,4)5)55-46(49)39-37-35-33-31-29-27-24-21-19-17-15-13-11-9-7-2/h13-16,20,22,25-26,30,32,44H,6-12,17-19,21,23-24,27-29,31,33-43H2,1-5H3/p+1/b15-13+,16-14+,22-20+,26-25+,32-30+/t44-/m1/s1. The molecule has 1 unspecified atom stereocenters. The van der Waals surface area contributed by atoms with Crippen molar-refractivity contribution in [2.45, 2.75) is 174 Å². The fourth-order valence-electron chi connectivity index (χ4n) is 5.52. The van der Waals surface area contributed by atoms with Crippen LogP contribution in [0.15, 0.2) is 60.8 Å². The Kier molecular flexibility index (Phi) is 36.7. The Morgan fingerprint density at radius 2 is 1.00 bits per heavy atom. The maximum atomic E-state index is 12.7. The van der Waals surface area contributed by atoms with Crippen LogP contribution in [0.1, 0.15) is 168 Å². The molecular weight excluding hydrogens is 725 g/mol. The molecule has 0 aliphatic rings. The summed E-state index contributed by atoms with van der Waals surface area (Å²) < 4.78 is 34.2. The number of hydrogen-bond acceptors (Lipinski definition) is 7. The maximum absolute atomic E-state index is 12.7. The van der Waals surface area contributed by atoms with E-state index in [1.807, 2.05) is 21.1 Å². The third kappa shape index (κ3) is 41.3. The van der Waals surface area contributed by atoms with E-state index >= 15 is 0 Å². The molecule has 0 aliphatic heterocycles. The fraction of sp³-hybridized carbons (Fsp3) is 0.739. The average Bonchev–Trinajstić information content (AvgIpc) is 3.15. The predicted octanol–water partition coefficient (Wildman–Crippen LogP) is 12.5. The summed E-state index contributed by atoms with van der Waals surface area (Å²) in [6, 6.07) is 0. The van der Waals surface area contributed by atoms with Gasteiger partial charge in [0.25, 0.3) is 0 Å². The fourth-order valence-corrected chi connectivity index (χ4v) is 6.26. The molecule has 0 bridgehead atoms. The molecule has 9 nitrogen and oxygen atoms in total. The number of unbranched alkanes of at least 4 members (excludes halogenated alkanes) is 15. The van der Waals surface area contributed by atoms with Gasteiger partial charge in [0.05, 0.1) is 27.7 Å². The van der Waals surface area contributed by atoms with Crippen molar-refractivity contribution in [3.8, 4) is 0 Å². The summed E-state index contributed by atoms with van der Waals surface area (Å²) in [6.45, 7) is 4.29. The summed E-state index contributed by atoms with van der Waals surface area (Å²) in [5.41, 5.74) is 0. The van der Waals surface area contributed by atoms with E-state index in [0.717, 1.165) is 44.9 Å². The summed E-state index contributed by atoms with van der Waals surface area (Å²) in [5.74, 6) is -0.870. The lowest BCUT2D eigenvalue weighted by molar-refractivity contribution is -0.870. The lowest BCUT2D eigenvalue weighted by Crippen LogP contribution is -2.37. The van der Waals surface area contributed by atoms with Crippen molar-refractivity contribution in [1.82, 2.24) is 0 Å². The van der Waals surface area contributed by atoms with Gasteiger partial charge in [-0.15, -0.1) is 0 Å². The molecule has 10 heteroatoms. The van der Waals surface area contributed by atoms with Gasteiger partial charge in [0.15, 0.2) is 6.10 Å². The summed E-state index contributed by atoms with van der Waals surface area (Å²) in [5, 5.41) is 0. The van der Waals surface area contributed by atoms with E-state index < -0.39 is 32.5 Å². The number of carbonyl (C=O) groups is 2. The second-order valence-corrected chi connectivity index (χ2v) is 17.2. The zero-order valence-electron chi connectivity index (χ0n) is 36.3. The van der Waals surface area contributed by atoms with Crippen LogP contribution in [0, 0.1) is 0 Å². The molecule has 0 radical (unpaired) electrons. The molecule has 0 spiro atoms. The topological polar surface area (TPSA) is 108 Å². The molecule has 2 atom stereocenters. The van der Waals surface area contributed by atoms with Gasteiger partial charge >= 0.3 is 19.8 Å². The number of hydrogen-bond donors (Lipinski definition) is 1. The van der Waals surface area contributed by atoms with Gasteiger partial charge in [-0.25, -0.2) is 4.57 Å². The maximum Gasteiger partial charge on any atom is 0.472 e. The molecule has 0 saturated carbocycles. The van der Waals surface area contributed by atoms with E-state index in [-0.39, 0.29) is 26.1 Å². The first kappa shape index (κ1) is 53.7. The number of allylic oxidation sites excluding steroid dienone is 10. The minimum absolute atomic E-state index is 0.0208. The Bertz CT molecular complexity index is 1140. The number of phosphoric ester groups is 1. The van der Waals surface area contributed by atoms with E-state index in [1.165, 1.54) is 83.5 Å².